The van der Waals surface area contributed by atoms with Crippen molar-refractivity contribution in [2.45, 2.75) is 6.92 Å². The third-order valence-corrected chi connectivity index (χ3v) is 1.45. The molecule has 0 saturated heterocycles. The van der Waals surface area contributed by atoms with Crippen LogP contribution in [0.25, 0.3) is 0 Å². The second-order valence-corrected chi connectivity index (χ2v) is 2.68. The first kappa shape index (κ1) is 9.73. The molecule has 1 N–H and O–H groups in total. The molecule has 70 valence electrons. The molecule has 0 radical (unpaired) electrons. The van der Waals surface area contributed by atoms with Gasteiger partial charge in [-0.25, -0.2) is 4.79 Å². The molecule has 0 aliphatic rings. The molecular weight excluding hydrogens is 196 g/mol. The van der Waals surface area contributed by atoms with Crippen LogP contribution in [0.15, 0.2) is 6.07 Å². The number of aryl methyl sites for hydroxylation is 1. The molecule has 0 aliphatic carbocycles. The average molecular weight is 203 g/mol. The van der Waals surface area contributed by atoms with Crippen molar-refractivity contribution in [2.24, 2.45) is 0 Å². The van der Waals surface area contributed by atoms with E-state index in [0.29, 0.717) is 5.69 Å². The summed E-state index contributed by atoms with van der Waals surface area (Å²) in [7, 11) is 0. The first-order chi connectivity index (χ1) is 6.09. The number of ether oxygens (including phenoxy) is 1. The molecule has 0 atom stereocenters. The van der Waals surface area contributed by atoms with Crippen molar-refractivity contribution in [1.82, 2.24) is 10.2 Å². The van der Waals surface area contributed by atoms with Gasteiger partial charge in [0.1, 0.15) is 0 Å². The number of carboxylic acid groups (broad SMARTS) is 1. The molecular formula is C7H7ClN2O3. The van der Waals surface area contributed by atoms with Crippen molar-refractivity contribution in [3.05, 3.63) is 16.9 Å². The van der Waals surface area contributed by atoms with Crippen LogP contribution >= 0.6 is 11.6 Å². The van der Waals surface area contributed by atoms with Crippen molar-refractivity contribution >= 4 is 17.6 Å². The van der Waals surface area contributed by atoms with Gasteiger partial charge in [-0.2, -0.15) is 5.10 Å². The van der Waals surface area contributed by atoms with E-state index >= 15 is 0 Å². The highest BCUT2D eigenvalue weighted by molar-refractivity contribution is 6.30. The first-order valence-corrected chi connectivity index (χ1v) is 3.82. The first-order valence-electron chi connectivity index (χ1n) is 3.44. The summed E-state index contributed by atoms with van der Waals surface area (Å²) < 4.78 is 4.85. The Morgan fingerprint density at radius 3 is 3.00 bits per heavy atom. The summed E-state index contributed by atoms with van der Waals surface area (Å²) >= 11 is 5.59. The maximum absolute atomic E-state index is 10.2. The van der Waals surface area contributed by atoms with Crippen LogP contribution in [-0.2, 0) is 4.79 Å². The summed E-state index contributed by atoms with van der Waals surface area (Å²) in [5.74, 6) is -0.831. The molecule has 0 spiro atoms. The molecule has 1 rings (SSSR count). The number of carbonyl (C=O) groups is 1. The third kappa shape index (κ3) is 2.87. The molecule has 1 aromatic rings. The van der Waals surface area contributed by atoms with Crippen molar-refractivity contribution < 1.29 is 14.6 Å². The summed E-state index contributed by atoms with van der Waals surface area (Å²) in [5.41, 5.74) is 0.616. The molecule has 0 amide bonds. The van der Waals surface area contributed by atoms with Gasteiger partial charge >= 0.3 is 5.97 Å². The molecule has 13 heavy (non-hydrogen) atoms. The number of halogens is 1. The molecule has 0 aliphatic heterocycles. The zero-order chi connectivity index (χ0) is 9.84. The van der Waals surface area contributed by atoms with E-state index < -0.39 is 12.6 Å². The maximum Gasteiger partial charge on any atom is 0.341 e. The molecule has 0 saturated carbocycles. The molecule has 0 fully saturated rings. The van der Waals surface area contributed by atoms with Gasteiger partial charge in [0.25, 0.3) is 0 Å². The van der Waals surface area contributed by atoms with Crippen molar-refractivity contribution in [3.8, 4) is 5.75 Å². The standard InChI is InChI=1S/C7H7ClN2O3/c1-4-2-5(7(8)10-9-4)13-3-6(11)12/h2H,3H2,1H3,(H,11,12). The summed E-state index contributed by atoms with van der Waals surface area (Å²) in [6.45, 7) is 1.27. The molecule has 0 aromatic carbocycles. The van der Waals surface area contributed by atoms with E-state index in [1.165, 1.54) is 6.07 Å². The number of aromatic nitrogens is 2. The van der Waals surface area contributed by atoms with Crippen LogP contribution < -0.4 is 4.74 Å². The second kappa shape index (κ2) is 4.04. The highest BCUT2D eigenvalue weighted by atomic mass is 35.5. The maximum atomic E-state index is 10.2. The number of hydrogen-bond acceptors (Lipinski definition) is 4. The average Bonchev–Trinajstić information content (AvgIpc) is 2.06. The van der Waals surface area contributed by atoms with E-state index in [4.69, 9.17) is 21.4 Å². The predicted molar refractivity (Wildman–Crippen MR) is 44.9 cm³/mol. The Morgan fingerprint density at radius 2 is 2.38 bits per heavy atom. The van der Waals surface area contributed by atoms with E-state index in [0.717, 1.165) is 0 Å². The monoisotopic (exact) mass is 202 g/mol. The van der Waals surface area contributed by atoms with Crippen molar-refractivity contribution in [1.29, 1.82) is 0 Å². The van der Waals surface area contributed by atoms with E-state index in [1.54, 1.807) is 6.92 Å². The third-order valence-electron chi connectivity index (χ3n) is 1.19. The Bertz CT molecular complexity index is 330. The van der Waals surface area contributed by atoms with Crippen LogP contribution in [0.5, 0.6) is 5.75 Å². The van der Waals surface area contributed by atoms with Gasteiger partial charge in [0, 0.05) is 6.07 Å². The largest absolute Gasteiger partial charge is 0.479 e. The lowest BCUT2D eigenvalue weighted by molar-refractivity contribution is -0.139. The quantitative estimate of drug-likeness (QED) is 0.789. The lowest BCUT2D eigenvalue weighted by Gasteiger charge is -2.03. The van der Waals surface area contributed by atoms with Crippen LogP contribution in [0, 0.1) is 6.92 Å². The lowest BCUT2D eigenvalue weighted by Crippen LogP contribution is -2.10. The Hall–Kier alpha value is -1.36. The van der Waals surface area contributed by atoms with Gasteiger partial charge in [0.05, 0.1) is 5.69 Å². The molecule has 6 heteroatoms. The fourth-order valence-corrected chi connectivity index (χ4v) is 0.838. The van der Waals surface area contributed by atoms with Crippen LogP contribution in [0.4, 0.5) is 0 Å². The van der Waals surface area contributed by atoms with Gasteiger partial charge in [-0.1, -0.05) is 11.6 Å². The number of carboxylic acids is 1. The number of aliphatic carboxylic acids is 1. The summed E-state index contributed by atoms with van der Waals surface area (Å²) in [6.07, 6.45) is 0. The Balaban J connectivity index is 2.75. The van der Waals surface area contributed by atoms with Crippen LogP contribution in [0.3, 0.4) is 0 Å². The summed E-state index contributed by atoms with van der Waals surface area (Å²) in [4.78, 5) is 10.2. The van der Waals surface area contributed by atoms with Crippen molar-refractivity contribution in [2.75, 3.05) is 6.61 Å². The van der Waals surface area contributed by atoms with E-state index in [2.05, 4.69) is 10.2 Å². The highest BCUT2D eigenvalue weighted by Gasteiger charge is 2.06. The highest BCUT2D eigenvalue weighted by Crippen LogP contribution is 2.20. The van der Waals surface area contributed by atoms with E-state index in [9.17, 15) is 4.79 Å². The fourth-order valence-electron chi connectivity index (χ4n) is 0.691. The zero-order valence-corrected chi connectivity index (χ0v) is 7.58. The molecule has 1 heterocycles. The van der Waals surface area contributed by atoms with E-state index in [-0.39, 0.29) is 10.9 Å². The molecule has 0 bridgehead atoms. The van der Waals surface area contributed by atoms with Crippen LogP contribution in [-0.4, -0.2) is 27.9 Å². The summed E-state index contributed by atoms with van der Waals surface area (Å²) in [6, 6.07) is 1.53. The van der Waals surface area contributed by atoms with Crippen molar-refractivity contribution in [3.63, 3.8) is 0 Å². The van der Waals surface area contributed by atoms with Gasteiger partial charge in [-0.15, -0.1) is 5.10 Å². The van der Waals surface area contributed by atoms with Gasteiger partial charge < -0.3 is 9.84 Å². The molecule has 1 aromatic heterocycles. The minimum absolute atomic E-state index is 0.0619. The molecule has 0 unspecified atom stereocenters. The number of nitrogens with zero attached hydrogens (tertiary/aromatic N) is 2. The minimum Gasteiger partial charge on any atom is -0.479 e. The van der Waals surface area contributed by atoms with Crippen LogP contribution in [0.2, 0.25) is 5.15 Å². The number of hydrogen-bond donors (Lipinski definition) is 1. The second-order valence-electron chi connectivity index (χ2n) is 2.32. The Labute approximate surface area is 79.3 Å². The SMILES string of the molecule is Cc1cc(OCC(=O)O)c(Cl)nn1. The molecule has 5 nitrogen and oxygen atoms in total. The Morgan fingerprint density at radius 1 is 1.69 bits per heavy atom. The number of rotatable bonds is 3. The minimum atomic E-state index is -1.06. The van der Waals surface area contributed by atoms with Crippen LogP contribution in [0.1, 0.15) is 5.69 Å². The van der Waals surface area contributed by atoms with Gasteiger partial charge in [0.15, 0.2) is 17.5 Å². The Kier molecular flexibility index (Phi) is 3.02. The fraction of sp³-hybridized carbons (Fsp3) is 0.286. The normalized spacial score (nSPS) is 9.69. The topological polar surface area (TPSA) is 72.3 Å². The van der Waals surface area contributed by atoms with E-state index in [1.807, 2.05) is 0 Å². The van der Waals surface area contributed by atoms with Gasteiger partial charge in [0.2, 0.25) is 0 Å². The smallest absolute Gasteiger partial charge is 0.341 e. The lowest BCUT2D eigenvalue weighted by atomic mass is 10.4. The predicted octanol–water partition coefficient (Wildman–Crippen LogP) is 0.902. The zero-order valence-electron chi connectivity index (χ0n) is 6.82. The summed E-state index contributed by atoms with van der Waals surface area (Å²) in [5, 5.41) is 15.6. The van der Waals surface area contributed by atoms with Gasteiger partial charge in [-0.05, 0) is 6.92 Å². The van der Waals surface area contributed by atoms with Gasteiger partial charge in [-0.3, -0.25) is 0 Å².